The molecule has 8 heteroatoms. The summed E-state index contributed by atoms with van der Waals surface area (Å²) in [6.07, 6.45) is 0.624. The Morgan fingerprint density at radius 1 is 1.00 bits per heavy atom. The number of hydrogen-bond acceptors (Lipinski definition) is 4. The number of hydrogen-bond donors (Lipinski definition) is 2. The smallest absolute Gasteiger partial charge is 0.329 e. The zero-order valence-electron chi connectivity index (χ0n) is 16.8. The fourth-order valence-electron chi connectivity index (χ4n) is 2.64. The summed E-state index contributed by atoms with van der Waals surface area (Å²) in [5, 5.41) is 6.25. The van der Waals surface area contributed by atoms with E-state index in [1.54, 1.807) is 50.2 Å². The zero-order chi connectivity index (χ0) is 22.1. The summed E-state index contributed by atoms with van der Waals surface area (Å²) in [7, 11) is 0. The van der Waals surface area contributed by atoms with Crippen LogP contribution in [0.15, 0.2) is 48.5 Å². The number of carbonyl (C=O) groups is 3. The third-order valence-electron chi connectivity index (χ3n) is 4.32. The molecule has 2 aromatic carbocycles. The van der Waals surface area contributed by atoms with E-state index in [0.29, 0.717) is 18.0 Å². The SMILES string of the molecule is CC(C)[C@H](NC(=O)c1ccccc1Cl)C(=O)OCC(=O)NCCc1ccc(Cl)cc1. The molecular weight excluding hydrogens is 427 g/mol. The van der Waals surface area contributed by atoms with Crippen molar-refractivity contribution in [2.24, 2.45) is 5.92 Å². The van der Waals surface area contributed by atoms with Crippen molar-refractivity contribution in [1.82, 2.24) is 10.6 Å². The van der Waals surface area contributed by atoms with Gasteiger partial charge in [0.05, 0.1) is 10.6 Å². The third-order valence-corrected chi connectivity index (χ3v) is 4.90. The van der Waals surface area contributed by atoms with E-state index < -0.39 is 30.4 Å². The largest absolute Gasteiger partial charge is 0.454 e. The zero-order valence-corrected chi connectivity index (χ0v) is 18.3. The molecule has 0 bridgehead atoms. The summed E-state index contributed by atoms with van der Waals surface area (Å²) in [5.41, 5.74) is 1.29. The van der Waals surface area contributed by atoms with Crippen molar-refractivity contribution in [2.75, 3.05) is 13.2 Å². The Balaban J connectivity index is 1.81. The first-order chi connectivity index (χ1) is 14.3. The van der Waals surface area contributed by atoms with Crippen LogP contribution in [-0.4, -0.2) is 37.0 Å². The van der Waals surface area contributed by atoms with Gasteiger partial charge in [0.25, 0.3) is 11.8 Å². The number of esters is 1. The second-order valence-electron chi connectivity index (χ2n) is 7.01. The minimum atomic E-state index is -0.907. The van der Waals surface area contributed by atoms with E-state index >= 15 is 0 Å². The Labute approximate surface area is 185 Å². The van der Waals surface area contributed by atoms with Crippen LogP contribution in [0.2, 0.25) is 10.0 Å². The first-order valence-corrected chi connectivity index (χ1v) is 10.3. The van der Waals surface area contributed by atoms with Crippen molar-refractivity contribution < 1.29 is 19.1 Å². The minimum absolute atomic E-state index is 0.239. The Morgan fingerprint density at radius 3 is 2.30 bits per heavy atom. The van der Waals surface area contributed by atoms with Gasteiger partial charge in [-0.15, -0.1) is 0 Å². The van der Waals surface area contributed by atoms with E-state index in [4.69, 9.17) is 27.9 Å². The maximum absolute atomic E-state index is 12.4. The molecule has 0 radical (unpaired) electrons. The van der Waals surface area contributed by atoms with Crippen LogP contribution in [-0.2, 0) is 20.7 Å². The summed E-state index contributed by atoms with van der Waals surface area (Å²) in [4.78, 5) is 36.8. The molecule has 0 unspecified atom stereocenters. The predicted molar refractivity (Wildman–Crippen MR) is 117 cm³/mol. The monoisotopic (exact) mass is 450 g/mol. The molecule has 2 aromatic rings. The molecule has 0 aliphatic heterocycles. The van der Waals surface area contributed by atoms with Crippen molar-refractivity contribution in [3.05, 3.63) is 69.7 Å². The average Bonchev–Trinajstić information content (AvgIpc) is 2.71. The second kappa shape index (κ2) is 11.6. The molecule has 0 saturated heterocycles. The Bertz CT molecular complexity index is 885. The van der Waals surface area contributed by atoms with Crippen LogP contribution in [0, 0.1) is 5.92 Å². The number of benzene rings is 2. The van der Waals surface area contributed by atoms with E-state index in [-0.39, 0.29) is 16.5 Å². The highest BCUT2D eigenvalue weighted by Gasteiger charge is 2.27. The fourth-order valence-corrected chi connectivity index (χ4v) is 2.98. The number of halogens is 2. The van der Waals surface area contributed by atoms with Gasteiger partial charge < -0.3 is 15.4 Å². The molecule has 0 saturated carbocycles. The maximum Gasteiger partial charge on any atom is 0.329 e. The van der Waals surface area contributed by atoms with Gasteiger partial charge in [-0.2, -0.15) is 0 Å². The van der Waals surface area contributed by atoms with Crippen LogP contribution in [0.3, 0.4) is 0 Å². The summed E-state index contributed by atoms with van der Waals surface area (Å²) in [6.45, 7) is 3.51. The standard InChI is InChI=1S/C22H24Cl2N2O4/c1-14(2)20(26-21(28)17-5-3-4-6-18(17)24)22(29)30-13-19(27)25-12-11-15-7-9-16(23)10-8-15/h3-10,14,20H,11-13H2,1-2H3,(H,25,27)(H,26,28)/t20-/m0/s1. The molecule has 2 amide bonds. The lowest BCUT2D eigenvalue weighted by atomic mass is 10.0. The molecular formula is C22H24Cl2N2O4. The Morgan fingerprint density at radius 2 is 1.67 bits per heavy atom. The summed E-state index contributed by atoms with van der Waals surface area (Å²) < 4.78 is 5.10. The van der Waals surface area contributed by atoms with Gasteiger partial charge in [0, 0.05) is 11.6 Å². The molecule has 6 nitrogen and oxygen atoms in total. The van der Waals surface area contributed by atoms with E-state index in [2.05, 4.69) is 10.6 Å². The Kier molecular flexibility index (Phi) is 9.15. The van der Waals surface area contributed by atoms with Gasteiger partial charge in [-0.1, -0.05) is 61.3 Å². The van der Waals surface area contributed by atoms with Gasteiger partial charge in [0.1, 0.15) is 6.04 Å². The highest BCUT2D eigenvalue weighted by atomic mass is 35.5. The minimum Gasteiger partial charge on any atom is -0.454 e. The lowest BCUT2D eigenvalue weighted by molar-refractivity contribution is -0.151. The van der Waals surface area contributed by atoms with Crippen LogP contribution in [0.4, 0.5) is 0 Å². The normalized spacial score (nSPS) is 11.6. The number of rotatable bonds is 9. The number of carbonyl (C=O) groups excluding carboxylic acids is 3. The van der Waals surface area contributed by atoms with Gasteiger partial charge in [0.15, 0.2) is 6.61 Å². The van der Waals surface area contributed by atoms with Crippen molar-refractivity contribution in [3.8, 4) is 0 Å². The molecule has 0 heterocycles. The molecule has 0 aromatic heterocycles. The number of ether oxygens (including phenoxy) is 1. The van der Waals surface area contributed by atoms with Crippen LogP contribution < -0.4 is 10.6 Å². The van der Waals surface area contributed by atoms with E-state index in [1.165, 1.54) is 0 Å². The molecule has 160 valence electrons. The lowest BCUT2D eigenvalue weighted by Gasteiger charge is -2.21. The lowest BCUT2D eigenvalue weighted by Crippen LogP contribution is -2.46. The van der Waals surface area contributed by atoms with Gasteiger partial charge in [-0.25, -0.2) is 4.79 Å². The van der Waals surface area contributed by atoms with E-state index in [0.717, 1.165) is 5.56 Å². The molecule has 0 aliphatic carbocycles. The van der Waals surface area contributed by atoms with E-state index in [9.17, 15) is 14.4 Å². The van der Waals surface area contributed by atoms with Crippen molar-refractivity contribution in [2.45, 2.75) is 26.3 Å². The summed E-state index contributed by atoms with van der Waals surface area (Å²) in [5.74, 6) is -1.82. The van der Waals surface area contributed by atoms with Gasteiger partial charge in [0.2, 0.25) is 0 Å². The molecule has 30 heavy (non-hydrogen) atoms. The van der Waals surface area contributed by atoms with Gasteiger partial charge in [-0.05, 0) is 42.2 Å². The molecule has 2 rings (SSSR count). The Hall–Kier alpha value is -2.57. The highest BCUT2D eigenvalue weighted by molar-refractivity contribution is 6.33. The predicted octanol–water partition coefficient (Wildman–Crippen LogP) is 3.65. The van der Waals surface area contributed by atoms with Crippen LogP contribution in [0.25, 0.3) is 0 Å². The highest BCUT2D eigenvalue weighted by Crippen LogP contribution is 2.16. The summed E-state index contributed by atoms with van der Waals surface area (Å²) >= 11 is 11.9. The number of amides is 2. The van der Waals surface area contributed by atoms with Crippen molar-refractivity contribution in [3.63, 3.8) is 0 Å². The molecule has 1 atom stereocenters. The number of nitrogens with one attached hydrogen (secondary N) is 2. The topological polar surface area (TPSA) is 84.5 Å². The van der Waals surface area contributed by atoms with Crippen molar-refractivity contribution in [1.29, 1.82) is 0 Å². The quantitative estimate of drug-likeness (QED) is 0.570. The van der Waals surface area contributed by atoms with Crippen LogP contribution >= 0.6 is 23.2 Å². The fraction of sp³-hybridized carbons (Fsp3) is 0.318. The molecule has 0 fully saturated rings. The van der Waals surface area contributed by atoms with Gasteiger partial charge >= 0.3 is 5.97 Å². The molecule has 0 aliphatic rings. The second-order valence-corrected chi connectivity index (χ2v) is 7.85. The molecule has 2 N–H and O–H groups in total. The van der Waals surface area contributed by atoms with Gasteiger partial charge in [-0.3, -0.25) is 9.59 Å². The summed E-state index contributed by atoms with van der Waals surface area (Å²) in [6, 6.07) is 13.0. The van der Waals surface area contributed by atoms with Crippen LogP contribution in [0.1, 0.15) is 29.8 Å². The average molecular weight is 451 g/mol. The van der Waals surface area contributed by atoms with E-state index in [1.807, 2.05) is 12.1 Å². The van der Waals surface area contributed by atoms with Crippen molar-refractivity contribution >= 4 is 41.0 Å². The van der Waals surface area contributed by atoms with Crippen LogP contribution in [0.5, 0.6) is 0 Å². The molecule has 0 spiro atoms. The first-order valence-electron chi connectivity index (χ1n) is 9.51. The maximum atomic E-state index is 12.4. The first kappa shape index (κ1) is 23.7. The third kappa shape index (κ3) is 7.35.